The van der Waals surface area contributed by atoms with Gasteiger partial charge in [0.2, 0.25) is 11.7 Å². The number of nitrogens with zero attached hydrogens (tertiary/aromatic N) is 5. The van der Waals surface area contributed by atoms with Gasteiger partial charge in [0, 0.05) is 44.4 Å². The molecule has 3 rings (SSSR count). The topological polar surface area (TPSA) is 102 Å². The number of amides is 1. The van der Waals surface area contributed by atoms with Gasteiger partial charge >= 0.3 is 11.9 Å². The largest absolute Gasteiger partial charge is 0.459 e. The predicted molar refractivity (Wildman–Crippen MR) is 92.3 cm³/mol. The smallest absolute Gasteiger partial charge is 0.397 e. The zero-order chi connectivity index (χ0) is 18.5. The highest BCUT2D eigenvalue weighted by molar-refractivity contribution is 6.32. The Morgan fingerprint density at radius 2 is 1.96 bits per heavy atom. The molecule has 0 aromatic carbocycles. The molecule has 2 aromatic heterocycles. The summed E-state index contributed by atoms with van der Waals surface area (Å²) in [7, 11) is 0. The first-order valence-corrected chi connectivity index (χ1v) is 8.62. The van der Waals surface area contributed by atoms with E-state index in [-0.39, 0.29) is 6.61 Å². The first kappa shape index (κ1) is 17.8. The number of anilines is 1. The van der Waals surface area contributed by atoms with Crippen LogP contribution in [0.3, 0.4) is 0 Å². The van der Waals surface area contributed by atoms with Crippen LogP contribution in [0.15, 0.2) is 22.9 Å². The van der Waals surface area contributed by atoms with Crippen molar-refractivity contribution in [1.82, 2.24) is 20.0 Å². The Balaban J connectivity index is 1.59. The lowest BCUT2D eigenvalue weighted by Crippen LogP contribution is -2.51. The number of aromatic nitrogens is 3. The number of carbonyl (C=O) groups is 2. The molecule has 0 N–H and O–H groups in total. The maximum atomic E-state index is 12.0. The Hall–Kier alpha value is -2.97. The fourth-order valence-corrected chi connectivity index (χ4v) is 2.68. The van der Waals surface area contributed by atoms with E-state index in [1.807, 2.05) is 19.1 Å². The fraction of sp³-hybridized carbons (Fsp3) is 0.471. The molecule has 1 aliphatic rings. The monoisotopic (exact) mass is 359 g/mol. The van der Waals surface area contributed by atoms with Gasteiger partial charge in [-0.2, -0.15) is 4.98 Å². The van der Waals surface area contributed by atoms with Crippen molar-refractivity contribution < 1.29 is 18.8 Å². The molecule has 1 amide bonds. The molecule has 1 fully saturated rings. The second-order valence-corrected chi connectivity index (χ2v) is 5.77. The number of rotatable bonds is 4. The van der Waals surface area contributed by atoms with Crippen LogP contribution in [-0.4, -0.2) is 64.7 Å². The highest BCUT2D eigenvalue weighted by Gasteiger charge is 2.27. The first-order chi connectivity index (χ1) is 12.6. The second kappa shape index (κ2) is 7.94. The minimum absolute atomic E-state index is 0.195. The number of esters is 1. The number of hydrogen-bond acceptors (Lipinski definition) is 8. The average Bonchev–Trinajstić information content (AvgIpc) is 3.17. The summed E-state index contributed by atoms with van der Waals surface area (Å²) in [5, 5.41) is 3.93. The lowest BCUT2D eigenvalue weighted by Gasteiger charge is -2.34. The van der Waals surface area contributed by atoms with E-state index in [2.05, 4.69) is 20.0 Å². The van der Waals surface area contributed by atoms with Gasteiger partial charge in [0.05, 0.1) is 6.61 Å². The van der Waals surface area contributed by atoms with Gasteiger partial charge in [-0.25, -0.2) is 9.78 Å². The van der Waals surface area contributed by atoms with Crippen LogP contribution in [0.4, 0.5) is 5.82 Å². The summed E-state index contributed by atoms with van der Waals surface area (Å²) in [6, 6.07) is 3.78. The molecule has 1 saturated heterocycles. The van der Waals surface area contributed by atoms with E-state index >= 15 is 0 Å². The van der Waals surface area contributed by atoms with Crippen LogP contribution in [-0.2, 0) is 20.7 Å². The summed E-state index contributed by atoms with van der Waals surface area (Å²) in [6.07, 6.45) is 2.39. The van der Waals surface area contributed by atoms with Crippen molar-refractivity contribution >= 4 is 17.7 Å². The molecule has 9 nitrogen and oxygen atoms in total. The molecular formula is C17H21N5O4. The third kappa shape index (κ3) is 3.81. The molecule has 0 aliphatic carbocycles. The van der Waals surface area contributed by atoms with E-state index in [1.54, 1.807) is 13.1 Å². The maximum absolute atomic E-state index is 12.0. The number of hydrogen-bond donors (Lipinski definition) is 0. The van der Waals surface area contributed by atoms with Crippen LogP contribution >= 0.6 is 0 Å². The van der Waals surface area contributed by atoms with Gasteiger partial charge in [0.1, 0.15) is 5.82 Å². The summed E-state index contributed by atoms with van der Waals surface area (Å²) in [6.45, 7) is 5.92. The second-order valence-electron chi connectivity index (χ2n) is 5.77. The highest BCUT2D eigenvalue weighted by Crippen LogP contribution is 2.19. The summed E-state index contributed by atoms with van der Waals surface area (Å²) in [5.74, 6) is 0.530. The van der Waals surface area contributed by atoms with Gasteiger partial charge in [0.25, 0.3) is 0 Å². The van der Waals surface area contributed by atoms with E-state index in [1.165, 1.54) is 4.90 Å². The minimum Gasteiger partial charge on any atom is -0.459 e. The van der Waals surface area contributed by atoms with Crippen LogP contribution in [0.2, 0.25) is 0 Å². The van der Waals surface area contributed by atoms with Crippen molar-refractivity contribution in [3.05, 3.63) is 24.2 Å². The van der Waals surface area contributed by atoms with E-state index in [0.717, 1.165) is 11.4 Å². The molecule has 2 aromatic rings. The van der Waals surface area contributed by atoms with Crippen molar-refractivity contribution in [3.63, 3.8) is 0 Å². The van der Waals surface area contributed by atoms with Crippen molar-refractivity contribution in [1.29, 1.82) is 0 Å². The molecule has 0 unspecified atom stereocenters. The Morgan fingerprint density at radius 1 is 1.19 bits per heavy atom. The Bertz CT molecular complexity index is 766. The average molecular weight is 359 g/mol. The number of piperazine rings is 1. The molecular weight excluding hydrogens is 338 g/mol. The summed E-state index contributed by atoms with van der Waals surface area (Å²) in [4.78, 5) is 35.8. The maximum Gasteiger partial charge on any atom is 0.397 e. The van der Waals surface area contributed by atoms with Gasteiger partial charge in [-0.3, -0.25) is 4.79 Å². The molecule has 0 bridgehead atoms. The third-order valence-electron chi connectivity index (χ3n) is 4.12. The van der Waals surface area contributed by atoms with Crippen molar-refractivity contribution in [2.24, 2.45) is 0 Å². The van der Waals surface area contributed by atoms with Crippen LogP contribution in [0, 0.1) is 0 Å². The standard InChI is InChI=1S/C17H21N5O4/c1-3-14-19-15(20-26-14)12-5-6-13(18-11-12)21-7-9-22(10-8-21)16(23)17(24)25-4-2/h5-6,11H,3-4,7-10H2,1-2H3. The summed E-state index contributed by atoms with van der Waals surface area (Å²) in [5.41, 5.74) is 0.785. The number of ether oxygens (including phenoxy) is 1. The SMILES string of the molecule is CCOC(=O)C(=O)N1CCN(c2ccc(-c3noc(CC)n3)cn2)CC1. The molecule has 0 spiro atoms. The number of aryl methyl sites for hydroxylation is 1. The summed E-state index contributed by atoms with van der Waals surface area (Å²) >= 11 is 0. The van der Waals surface area contributed by atoms with E-state index in [9.17, 15) is 9.59 Å². The number of carbonyl (C=O) groups excluding carboxylic acids is 2. The van der Waals surface area contributed by atoms with Gasteiger partial charge in [0.15, 0.2) is 0 Å². The van der Waals surface area contributed by atoms with Crippen LogP contribution in [0.25, 0.3) is 11.4 Å². The van der Waals surface area contributed by atoms with Gasteiger partial charge < -0.3 is 19.1 Å². The van der Waals surface area contributed by atoms with Gasteiger partial charge in [-0.05, 0) is 19.1 Å². The Labute approximate surface area is 150 Å². The van der Waals surface area contributed by atoms with E-state index in [0.29, 0.717) is 44.3 Å². The number of pyridine rings is 1. The van der Waals surface area contributed by atoms with Crippen LogP contribution in [0.1, 0.15) is 19.7 Å². The molecule has 1 aliphatic heterocycles. The quantitative estimate of drug-likeness (QED) is 0.586. The van der Waals surface area contributed by atoms with E-state index < -0.39 is 11.9 Å². The molecule has 26 heavy (non-hydrogen) atoms. The van der Waals surface area contributed by atoms with Crippen molar-refractivity contribution in [2.45, 2.75) is 20.3 Å². The lowest BCUT2D eigenvalue weighted by molar-refractivity contribution is -0.160. The Kier molecular flexibility index (Phi) is 5.45. The fourth-order valence-electron chi connectivity index (χ4n) is 2.68. The minimum atomic E-state index is -0.796. The molecule has 9 heteroatoms. The normalized spacial score (nSPS) is 14.4. The Morgan fingerprint density at radius 3 is 2.54 bits per heavy atom. The van der Waals surface area contributed by atoms with Gasteiger partial charge in [-0.15, -0.1) is 0 Å². The molecule has 0 atom stereocenters. The predicted octanol–water partition coefficient (Wildman–Crippen LogP) is 0.906. The van der Waals surface area contributed by atoms with Crippen molar-refractivity contribution in [3.8, 4) is 11.4 Å². The zero-order valence-corrected chi connectivity index (χ0v) is 14.8. The first-order valence-electron chi connectivity index (χ1n) is 8.62. The van der Waals surface area contributed by atoms with Crippen LogP contribution < -0.4 is 4.90 Å². The van der Waals surface area contributed by atoms with Crippen LogP contribution in [0.5, 0.6) is 0 Å². The van der Waals surface area contributed by atoms with E-state index in [4.69, 9.17) is 9.26 Å². The molecule has 138 valence electrons. The molecule has 0 saturated carbocycles. The third-order valence-corrected chi connectivity index (χ3v) is 4.12. The molecule has 0 radical (unpaired) electrons. The zero-order valence-electron chi connectivity index (χ0n) is 14.8. The van der Waals surface area contributed by atoms with Gasteiger partial charge in [-0.1, -0.05) is 12.1 Å². The summed E-state index contributed by atoms with van der Waals surface area (Å²) < 4.78 is 9.87. The lowest BCUT2D eigenvalue weighted by atomic mass is 10.2. The van der Waals surface area contributed by atoms with Crippen molar-refractivity contribution in [2.75, 3.05) is 37.7 Å². The molecule has 3 heterocycles. The highest BCUT2D eigenvalue weighted by atomic mass is 16.5.